The van der Waals surface area contributed by atoms with Crippen molar-refractivity contribution in [1.82, 2.24) is 10.2 Å². The SMILES string of the molecule is CC[C@@H](C)NC(=O)[C@H](C)N(Cc1ccc(C)cc1)C(=O)CCCN(c1cccc(OC)c1)S(C)(=O)=O. The number of sulfonamides is 1. The third-order valence-corrected chi connectivity index (χ3v) is 7.33. The number of methoxy groups -OCH3 is 1. The fraction of sp³-hybridized carbons (Fsp3) is 0.481. The van der Waals surface area contributed by atoms with Gasteiger partial charge in [0.1, 0.15) is 11.8 Å². The molecule has 2 atom stereocenters. The van der Waals surface area contributed by atoms with Gasteiger partial charge in [-0.25, -0.2) is 8.42 Å². The molecule has 0 unspecified atom stereocenters. The molecule has 0 aromatic heterocycles. The summed E-state index contributed by atoms with van der Waals surface area (Å²) in [5, 5.41) is 2.95. The molecule has 2 amide bonds. The molecular weight excluding hydrogens is 478 g/mol. The van der Waals surface area contributed by atoms with Crippen molar-refractivity contribution < 1.29 is 22.7 Å². The van der Waals surface area contributed by atoms with Crippen LogP contribution in [0.15, 0.2) is 48.5 Å². The number of aryl methyl sites for hydroxylation is 1. The van der Waals surface area contributed by atoms with Crippen LogP contribution in [0.25, 0.3) is 0 Å². The topological polar surface area (TPSA) is 96.0 Å². The van der Waals surface area contributed by atoms with Crippen molar-refractivity contribution in [2.24, 2.45) is 0 Å². The number of hydrogen-bond acceptors (Lipinski definition) is 5. The van der Waals surface area contributed by atoms with E-state index in [2.05, 4.69) is 5.32 Å². The van der Waals surface area contributed by atoms with Crippen LogP contribution in [-0.4, -0.2) is 57.1 Å². The summed E-state index contributed by atoms with van der Waals surface area (Å²) in [4.78, 5) is 27.8. The smallest absolute Gasteiger partial charge is 0.242 e. The van der Waals surface area contributed by atoms with Crippen LogP contribution in [0.4, 0.5) is 5.69 Å². The Labute approximate surface area is 215 Å². The second kappa shape index (κ2) is 13.3. The predicted molar refractivity (Wildman–Crippen MR) is 144 cm³/mol. The Hall–Kier alpha value is -3.07. The summed E-state index contributed by atoms with van der Waals surface area (Å²) in [6, 6.07) is 14.0. The molecule has 2 rings (SSSR count). The fourth-order valence-electron chi connectivity index (χ4n) is 3.71. The summed E-state index contributed by atoms with van der Waals surface area (Å²) < 4.78 is 31.4. The van der Waals surface area contributed by atoms with Gasteiger partial charge in [-0.05, 0) is 51.3 Å². The number of anilines is 1. The molecule has 0 aliphatic carbocycles. The van der Waals surface area contributed by atoms with E-state index in [1.54, 1.807) is 36.1 Å². The number of hydrogen-bond donors (Lipinski definition) is 1. The first kappa shape index (κ1) is 29.2. The number of ether oxygens (including phenoxy) is 1. The molecule has 0 saturated heterocycles. The molecule has 0 saturated carbocycles. The third kappa shape index (κ3) is 8.55. The molecule has 0 heterocycles. The van der Waals surface area contributed by atoms with Crippen LogP contribution in [0, 0.1) is 6.92 Å². The van der Waals surface area contributed by atoms with Crippen LogP contribution >= 0.6 is 0 Å². The standard InChI is InChI=1S/C27H39N3O5S/c1-7-21(3)28-27(32)22(4)29(19-23-15-13-20(2)14-16-23)26(31)12-9-17-30(36(6,33)34)24-10-8-11-25(18-24)35-5/h8,10-11,13-16,18,21-22H,7,9,12,17,19H2,1-6H3,(H,28,32)/t21-,22+/m1/s1. The molecular formula is C27H39N3O5S. The Morgan fingerprint density at radius 3 is 2.33 bits per heavy atom. The van der Waals surface area contributed by atoms with Crippen molar-refractivity contribution in [3.05, 3.63) is 59.7 Å². The van der Waals surface area contributed by atoms with Gasteiger partial charge in [0.05, 0.1) is 19.1 Å². The van der Waals surface area contributed by atoms with E-state index in [1.807, 2.05) is 45.0 Å². The molecule has 0 fully saturated rings. The van der Waals surface area contributed by atoms with E-state index < -0.39 is 16.1 Å². The van der Waals surface area contributed by atoms with Crippen LogP contribution in [-0.2, 0) is 26.2 Å². The van der Waals surface area contributed by atoms with Gasteiger partial charge in [0.25, 0.3) is 0 Å². The van der Waals surface area contributed by atoms with Crippen LogP contribution in [0.5, 0.6) is 5.75 Å². The molecule has 198 valence electrons. The number of rotatable bonds is 13. The molecule has 9 heteroatoms. The van der Waals surface area contributed by atoms with E-state index in [-0.39, 0.29) is 30.8 Å². The Bertz CT molecular complexity index is 1120. The van der Waals surface area contributed by atoms with E-state index in [4.69, 9.17) is 4.74 Å². The summed E-state index contributed by atoms with van der Waals surface area (Å²) in [5.74, 6) is 0.128. The molecule has 0 bridgehead atoms. The van der Waals surface area contributed by atoms with E-state index in [0.29, 0.717) is 24.4 Å². The Balaban J connectivity index is 2.17. The number of carbonyl (C=O) groups is 2. The largest absolute Gasteiger partial charge is 0.497 e. The van der Waals surface area contributed by atoms with E-state index in [9.17, 15) is 18.0 Å². The molecule has 0 spiro atoms. The highest BCUT2D eigenvalue weighted by Crippen LogP contribution is 2.24. The van der Waals surface area contributed by atoms with Gasteiger partial charge in [0, 0.05) is 31.6 Å². The third-order valence-electron chi connectivity index (χ3n) is 6.14. The zero-order valence-corrected chi connectivity index (χ0v) is 23.0. The maximum absolute atomic E-state index is 13.3. The van der Waals surface area contributed by atoms with Gasteiger partial charge in [-0.2, -0.15) is 0 Å². The van der Waals surface area contributed by atoms with Crippen LogP contribution < -0.4 is 14.4 Å². The number of nitrogens with one attached hydrogen (secondary N) is 1. The van der Waals surface area contributed by atoms with Crippen molar-refractivity contribution in [3.8, 4) is 5.75 Å². The molecule has 0 aliphatic heterocycles. The monoisotopic (exact) mass is 517 g/mol. The van der Waals surface area contributed by atoms with Crippen LogP contribution in [0.1, 0.15) is 51.2 Å². The molecule has 36 heavy (non-hydrogen) atoms. The van der Waals surface area contributed by atoms with Crippen molar-refractivity contribution in [3.63, 3.8) is 0 Å². The maximum Gasteiger partial charge on any atom is 0.242 e. The first-order valence-corrected chi connectivity index (χ1v) is 14.1. The highest BCUT2D eigenvalue weighted by atomic mass is 32.2. The number of benzene rings is 2. The lowest BCUT2D eigenvalue weighted by Crippen LogP contribution is -2.49. The van der Waals surface area contributed by atoms with Gasteiger partial charge >= 0.3 is 0 Å². The van der Waals surface area contributed by atoms with Crippen molar-refractivity contribution in [2.45, 2.75) is 65.6 Å². The molecule has 0 radical (unpaired) electrons. The summed E-state index contributed by atoms with van der Waals surface area (Å²) in [5.41, 5.74) is 2.51. The van der Waals surface area contributed by atoms with E-state index in [1.165, 1.54) is 11.4 Å². The lowest BCUT2D eigenvalue weighted by Gasteiger charge is -2.30. The Morgan fingerprint density at radius 2 is 1.75 bits per heavy atom. The average Bonchev–Trinajstić information content (AvgIpc) is 2.84. The minimum Gasteiger partial charge on any atom is -0.497 e. The first-order valence-electron chi connectivity index (χ1n) is 12.2. The predicted octanol–water partition coefficient (Wildman–Crippen LogP) is 3.88. The fourth-order valence-corrected chi connectivity index (χ4v) is 4.67. The lowest BCUT2D eigenvalue weighted by atomic mass is 10.1. The van der Waals surface area contributed by atoms with Gasteiger partial charge < -0.3 is 15.0 Å². The summed E-state index contributed by atoms with van der Waals surface area (Å²) in [6.45, 7) is 8.05. The van der Waals surface area contributed by atoms with E-state index >= 15 is 0 Å². The van der Waals surface area contributed by atoms with Gasteiger partial charge in [-0.15, -0.1) is 0 Å². The summed E-state index contributed by atoms with van der Waals surface area (Å²) >= 11 is 0. The number of nitrogens with zero attached hydrogens (tertiary/aromatic N) is 2. The normalized spacial score (nSPS) is 12.9. The van der Waals surface area contributed by atoms with Crippen molar-refractivity contribution in [2.75, 3.05) is 24.2 Å². The van der Waals surface area contributed by atoms with Gasteiger partial charge in [-0.3, -0.25) is 13.9 Å². The maximum atomic E-state index is 13.3. The second-order valence-electron chi connectivity index (χ2n) is 9.14. The molecule has 2 aromatic carbocycles. The van der Waals surface area contributed by atoms with Gasteiger partial charge in [0.15, 0.2) is 0 Å². The van der Waals surface area contributed by atoms with Crippen LogP contribution in [0.2, 0.25) is 0 Å². The first-order chi connectivity index (χ1) is 17.0. The zero-order valence-electron chi connectivity index (χ0n) is 22.2. The molecule has 0 aliphatic rings. The number of carbonyl (C=O) groups excluding carboxylic acids is 2. The highest BCUT2D eigenvalue weighted by molar-refractivity contribution is 7.92. The number of amides is 2. The lowest BCUT2D eigenvalue weighted by molar-refractivity contribution is -0.140. The second-order valence-corrected chi connectivity index (χ2v) is 11.0. The Kier molecular flexibility index (Phi) is 10.8. The average molecular weight is 518 g/mol. The minimum absolute atomic E-state index is 0.00228. The highest BCUT2D eigenvalue weighted by Gasteiger charge is 2.27. The molecule has 2 aromatic rings. The van der Waals surface area contributed by atoms with Crippen molar-refractivity contribution in [1.29, 1.82) is 0 Å². The minimum atomic E-state index is -3.57. The Morgan fingerprint density at radius 1 is 1.08 bits per heavy atom. The molecule has 8 nitrogen and oxygen atoms in total. The zero-order chi connectivity index (χ0) is 26.9. The molecule has 1 N–H and O–H groups in total. The van der Waals surface area contributed by atoms with Crippen molar-refractivity contribution >= 4 is 27.5 Å². The van der Waals surface area contributed by atoms with Gasteiger partial charge in [-0.1, -0.05) is 42.8 Å². The van der Waals surface area contributed by atoms with Gasteiger partial charge in [0.2, 0.25) is 21.8 Å². The summed E-state index contributed by atoms with van der Waals surface area (Å²) in [6.07, 6.45) is 2.32. The van der Waals surface area contributed by atoms with Crippen LogP contribution in [0.3, 0.4) is 0 Å². The quantitative estimate of drug-likeness (QED) is 0.435. The summed E-state index contributed by atoms with van der Waals surface area (Å²) in [7, 11) is -2.05. The van der Waals surface area contributed by atoms with E-state index in [0.717, 1.165) is 23.8 Å².